The van der Waals surface area contributed by atoms with E-state index in [1.54, 1.807) is 6.07 Å². The number of esters is 1. The van der Waals surface area contributed by atoms with Gasteiger partial charge in [-0.25, -0.2) is 4.79 Å². The molecule has 0 spiro atoms. The molecule has 1 aliphatic rings. The fourth-order valence-corrected chi connectivity index (χ4v) is 2.13. The minimum absolute atomic E-state index is 0.0991. The fraction of sp³-hybridized carbons (Fsp3) is 0.538. The number of ether oxygens (including phenoxy) is 2. The van der Waals surface area contributed by atoms with Gasteiger partial charge >= 0.3 is 11.9 Å². The summed E-state index contributed by atoms with van der Waals surface area (Å²) < 4.78 is 9.74. The molecule has 2 rings (SSSR count). The van der Waals surface area contributed by atoms with E-state index < -0.39 is 17.4 Å². The first-order valence-electron chi connectivity index (χ1n) is 6.54. The van der Waals surface area contributed by atoms with Crippen LogP contribution in [0.1, 0.15) is 23.3 Å². The Kier molecular flexibility index (Phi) is 4.69. The summed E-state index contributed by atoms with van der Waals surface area (Å²) in [5.41, 5.74) is -0.761. The van der Waals surface area contributed by atoms with E-state index in [1.165, 1.54) is 13.2 Å². The van der Waals surface area contributed by atoms with Crippen LogP contribution in [0.25, 0.3) is 0 Å². The van der Waals surface area contributed by atoms with Crippen molar-refractivity contribution in [2.45, 2.75) is 12.8 Å². The number of hydrogen-bond donors (Lipinski definition) is 2. The van der Waals surface area contributed by atoms with Gasteiger partial charge in [0.25, 0.3) is 0 Å². The maximum atomic E-state index is 11.5. The van der Waals surface area contributed by atoms with Crippen LogP contribution in [0.15, 0.2) is 12.1 Å². The average Bonchev–Trinajstić information content (AvgIpc) is 2.53. The lowest BCUT2D eigenvalue weighted by Crippen LogP contribution is -2.42. The van der Waals surface area contributed by atoms with Crippen molar-refractivity contribution in [3.05, 3.63) is 17.8 Å². The van der Waals surface area contributed by atoms with Gasteiger partial charge in [-0.3, -0.25) is 4.79 Å². The van der Waals surface area contributed by atoms with E-state index in [2.05, 4.69) is 20.3 Å². The topological polar surface area (TPSA) is 111 Å². The highest BCUT2D eigenvalue weighted by molar-refractivity contribution is 5.87. The van der Waals surface area contributed by atoms with E-state index in [-0.39, 0.29) is 12.2 Å². The highest BCUT2D eigenvalue weighted by Crippen LogP contribution is 2.31. The summed E-state index contributed by atoms with van der Waals surface area (Å²) in [6.07, 6.45) is 0.895. The van der Waals surface area contributed by atoms with Crippen molar-refractivity contribution in [3.63, 3.8) is 0 Å². The number of anilines is 1. The Balaban J connectivity index is 2.01. The van der Waals surface area contributed by atoms with Gasteiger partial charge in [0.1, 0.15) is 5.82 Å². The zero-order valence-corrected chi connectivity index (χ0v) is 11.7. The Bertz CT molecular complexity index is 511. The van der Waals surface area contributed by atoms with Gasteiger partial charge in [-0.05, 0) is 25.0 Å². The van der Waals surface area contributed by atoms with E-state index in [0.717, 1.165) is 0 Å². The van der Waals surface area contributed by atoms with Gasteiger partial charge in [0.2, 0.25) is 0 Å². The highest BCUT2D eigenvalue weighted by atomic mass is 16.5. The van der Waals surface area contributed by atoms with E-state index in [9.17, 15) is 14.7 Å². The second kappa shape index (κ2) is 6.49. The molecule has 0 aliphatic carbocycles. The van der Waals surface area contributed by atoms with Crippen LogP contribution in [0.4, 0.5) is 5.82 Å². The maximum Gasteiger partial charge on any atom is 0.358 e. The van der Waals surface area contributed by atoms with Crippen LogP contribution < -0.4 is 5.32 Å². The van der Waals surface area contributed by atoms with Crippen LogP contribution in [-0.4, -0.2) is 54.1 Å². The summed E-state index contributed by atoms with van der Waals surface area (Å²) in [5.74, 6) is -1.01. The molecule has 8 heteroatoms. The summed E-state index contributed by atoms with van der Waals surface area (Å²) >= 11 is 0. The van der Waals surface area contributed by atoms with Crippen molar-refractivity contribution in [2.24, 2.45) is 5.41 Å². The number of carboxylic acid groups (broad SMARTS) is 1. The number of nitrogens with one attached hydrogen (secondary N) is 1. The van der Waals surface area contributed by atoms with Gasteiger partial charge in [-0.15, -0.1) is 10.2 Å². The van der Waals surface area contributed by atoms with Crippen molar-refractivity contribution in [3.8, 4) is 0 Å². The lowest BCUT2D eigenvalue weighted by molar-refractivity contribution is -0.153. The first-order chi connectivity index (χ1) is 10.1. The van der Waals surface area contributed by atoms with Crippen LogP contribution in [0.5, 0.6) is 0 Å². The predicted molar refractivity (Wildman–Crippen MR) is 72.0 cm³/mol. The van der Waals surface area contributed by atoms with E-state index >= 15 is 0 Å². The zero-order valence-electron chi connectivity index (χ0n) is 11.7. The molecule has 0 amide bonds. The maximum absolute atomic E-state index is 11.5. The minimum atomic E-state index is -0.860. The van der Waals surface area contributed by atoms with Crippen LogP contribution in [0.2, 0.25) is 0 Å². The normalized spacial score (nSPS) is 17.0. The van der Waals surface area contributed by atoms with Crippen molar-refractivity contribution in [1.29, 1.82) is 0 Å². The highest BCUT2D eigenvalue weighted by Gasteiger charge is 2.40. The number of carbonyl (C=O) groups excluding carboxylic acids is 1. The first-order valence-corrected chi connectivity index (χ1v) is 6.54. The van der Waals surface area contributed by atoms with E-state index in [4.69, 9.17) is 4.74 Å². The molecule has 1 fully saturated rings. The zero-order chi connectivity index (χ0) is 15.3. The molecule has 1 aromatic heterocycles. The minimum Gasteiger partial charge on any atom is -0.481 e. The molecule has 21 heavy (non-hydrogen) atoms. The Morgan fingerprint density at radius 3 is 2.62 bits per heavy atom. The molecule has 1 saturated heterocycles. The lowest BCUT2D eigenvalue weighted by atomic mass is 9.80. The van der Waals surface area contributed by atoms with Crippen LogP contribution in [-0.2, 0) is 14.3 Å². The lowest BCUT2D eigenvalue weighted by Gasteiger charge is -2.33. The molecule has 1 aromatic rings. The van der Waals surface area contributed by atoms with E-state index in [0.29, 0.717) is 31.9 Å². The first kappa shape index (κ1) is 15.2. The summed E-state index contributed by atoms with van der Waals surface area (Å²) in [7, 11) is 1.26. The standard InChI is InChI=1S/C13H17N3O5/c1-20-11(17)9-2-3-10(16-15-9)14-8-13(12(18)19)4-6-21-7-5-13/h2-3H,4-8H2,1H3,(H,14,16)(H,18,19). The molecule has 0 atom stereocenters. The number of aromatic nitrogens is 2. The van der Waals surface area contributed by atoms with Crippen molar-refractivity contribution in [1.82, 2.24) is 10.2 Å². The Morgan fingerprint density at radius 1 is 1.38 bits per heavy atom. The quantitative estimate of drug-likeness (QED) is 0.758. The molecular formula is C13H17N3O5. The Hall–Kier alpha value is -2.22. The Morgan fingerprint density at radius 2 is 2.10 bits per heavy atom. The van der Waals surface area contributed by atoms with Crippen LogP contribution >= 0.6 is 0 Å². The molecular weight excluding hydrogens is 278 g/mol. The molecule has 0 unspecified atom stereocenters. The summed E-state index contributed by atoms with van der Waals surface area (Å²) in [4.78, 5) is 22.7. The van der Waals surface area contributed by atoms with E-state index in [1.807, 2.05) is 0 Å². The van der Waals surface area contributed by atoms with Crippen LogP contribution in [0.3, 0.4) is 0 Å². The van der Waals surface area contributed by atoms with Gasteiger partial charge in [0, 0.05) is 19.8 Å². The molecule has 0 saturated carbocycles. The van der Waals surface area contributed by atoms with Gasteiger partial charge in [-0.1, -0.05) is 0 Å². The largest absolute Gasteiger partial charge is 0.481 e. The molecule has 1 aliphatic heterocycles. The molecule has 8 nitrogen and oxygen atoms in total. The summed E-state index contributed by atoms with van der Waals surface area (Å²) in [5, 5.41) is 19.9. The molecule has 2 heterocycles. The van der Waals surface area contributed by atoms with Gasteiger partial charge in [0.15, 0.2) is 5.69 Å². The molecule has 0 radical (unpaired) electrons. The van der Waals surface area contributed by atoms with Crippen molar-refractivity contribution >= 4 is 17.8 Å². The van der Waals surface area contributed by atoms with Gasteiger partial charge in [-0.2, -0.15) is 0 Å². The molecule has 0 aromatic carbocycles. The predicted octanol–water partition coefficient (Wildman–Crippen LogP) is 0.556. The third kappa shape index (κ3) is 3.46. The number of hydrogen-bond acceptors (Lipinski definition) is 7. The number of carboxylic acids is 1. The third-order valence-electron chi connectivity index (χ3n) is 3.57. The van der Waals surface area contributed by atoms with Crippen LogP contribution in [0, 0.1) is 5.41 Å². The fourth-order valence-electron chi connectivity index (χ4n) is 2.13. The number of carbonyl (C=O) groups is 2. The summed E-state index contributed by atoms with van der Waals surface area (Å²) in [6.45, 7) is 1.10. The molecule has 2 N–H and O–H groups in total. The summed E-state index contributed by atoms with van der Waals surface area (Å²) in [6, 6.07) is 3.03. The van der Waals surface area contributed by atoms with Gasteiger partial charge < -0.3 is 19.9 Å². The Labute approximate surface area is 121 Å². The smallest absolute Gasteiger partial charge is 0.358 e. The molecule has 114 valence electrons. The van der Waals surface area contributed by atoms with Crippen molar-refractivity contribution < 1.29 is 24.2 Å². The monoisotopic (exact) mass is 295 g/mol. The van der Waals surface area contributed by atoms with Gasteiger partial charge in [0.05, 0.1) is 12.5 Å². The number of rotatable bonds is 5. The SMILES string of the molecule is COC(=O)c1ccc(NCC2(C(=O)O)CCOCC2)nn1. The second-order valence-corrected chi connectivity index (χ2v) is 4.85. The number of nitrogens with zero attached hydrogens (tertiary/aromatic N) is 2. The number of methoxy groups -OCH3 is 1. The second-order valence-electron chi connectivity index (χ2n) is 4.85. The number of aliphatic carboxylic acids is 1. The average molecular weight is 295 g/mol. The molecule has 0 bridgehead atoms. The third-order valence-corrected chi connectivity index (χ3v) is 3.57. The van der Waals surface area contributed by atoms with Crippen molar-refractivity contribution in [2.75, 3.05) is 32.2 Å².